The van der Waals surface area contributed by atoms with Gasteiger partial charge < -0.3 is 10.4 Å². The molecule has 132 valence electrons. The number of aromatic carboxylic acids is 1. The van der Waals surface area contributed by atoms with E-state index in [4.69, 9.17) is 5.11 Å². The van der Waals surface area contributed by atoms with Gasteiger partial charge in [-0.3, -0.25) is 9.97 Å². The number of hydrogen-bond acceptors (Lipinski definition) is 6. The van der Waals surface area contributed by atoms with Crippen LogP contribution >= 0.6 is 0 Å². The Bertz CT molecular complexity index is 1130. The van der Waals surface area contributed by atoms with Crippen molar-refractivity contribution in [1.82, 2.24) is 19.9 Å². The summed E-state index contributed by atoms with van der Waals surface area (Å²) < 4.78 is 0. The molecule has 7 nitrogen and oxygen atoms in total. The van der Waals surface area contributed by atoms with E-state index >= 15 is 0 Å². The number of carbonyl (C=O) groups is 1. The molecule has 4 rings (SSSR count). The number of aromatic nitrogens is 4. The van der Waals surface area contributed by atoms with Crippen molar-refractivity contribution in [2.75, 3.05) is 5.32 Å². The number of anilines is 1. The summed E-state index contributed by atoms with van der Waals surface area (Å²) in [7, 11) is 0. The lowest BCUT2D eigenvalue weighted by Crippen LogP contribution is -2.05. The summed E-state index contributed by atoms with van der Waals surface area (Å²) in [5.74, 6) is -0.571. The SMILES string of the molecule is O=C(O)c1ccnc(-c2ccnc(NCc3cnc4ccccc4c3)n2)c1. The van der Waals surface area contributed by atoms with Crippen LogP contribution in [0.1, 0.15) is 15.9 Å². The molecule has 0 spiro atoms. The minimum atomic E-state index is -1.00. The number of hydrogen-bond donors (Lipinski definition) is 2. The van der Waals surface area contributed by atoms with Gasteiger partial charge >= 0.3 is 5.97 Å². The monoisotopic (exact) mass is 357 g/mol. The molecule has 0 aliphatic heterocycles. The molecular weight excluding hydrogens is 342 g/mol. The van der Waals surface area contributed by atoms with Gasteiger partial charge in [-0.25, -0.2) is 14.8 Å². The van der Waals surface area contributed by atoms with Gasteiger partial charge in [0.15, 0.2) is 0 Å². The molecule has 27 heavy (non-hydrogen) atoms. The molecule has 3 heterocycles. The van der Waals surface area contributed by atoms with Crippen molar-refractivity contribution in [3.05, 3.63) is 78.2 Å². The summed E-state index contributed by atoms with van der Waals surface area (Å²) in [4.78, 5) is 28.4. The smallest absolute Gasteiger partial charge is 0.335 e. The minimum Gasteiger partial charge on any atom is -0.478 e. The number of carboxylic acids is 1. The molecular formula is C20H15N5O2. The second kappa shape index (κ2) is 7.17. The summed E-state index contributed by atoms with van der Waals surface area (Å²) in [6.07, 6.45) is 4.88. The summed E-state index contributed by atoms with van der Waals surface area (Å²) in [5.41, 5.74) is 3.15. The third-order valence-electron chi connectivity index (χ3n) is 4.02. The fourth-order valence-corrected chi connectivity index (χ4v) is 2.68. The van der Waals surface area contributed by atoms with E-state index in [2.05, 4.69) is 31.3 Å². The molecule has 7 heteroatoms. The molecule has 0 atom stereocenters. The Morgan fingerprint density at radius 2 is 1.81 bits per heavy atom. The molecule has 3 aromatic heterocycles. The average molecular weight is 357 g/mol. The highest BCUT2D eigenvalue weighted by molar-refractivity contribution is 5.88. The van der Waals surface area contributed by atoms with Gasteiger partial charge in [0.1, 0.15) is 0 Å². The number of fused-ring (bicyclic) bond motifs is 1. The minimum absolute atomic E-state index is 0.162. The van der Waals surface area contributed by atoms with Gasteiger partial charge in [0.05, 0.1) is 22.5 Å². The van der Waals surface area contributed by atoms with Crippen molar-refractivity contribution in [2.24, 2.45) is 0 Å². The highest BCUT2D eigenvalue weighted by Gasteiger charge is 2.08. The van der Waals surface area contributed by atoms with Crippen molar-refractivity contribution < 1.29 is 9.90 Å². The third-order valence-corrected chi connectivity index (χ3v) is 4.02. The van der Waals surface area contributed by atoms with Crippen LogP contribution in [0.5, 0.6) is 0 Å². The van der Waals surface area contributed by atoms with E-state index in [1.807, 2.05) is 30.5 Å². The molecule has 0 amide bonds. The maximum absolute atomic E-state index is 11.1. The van der Waals surface area contributed by atoms with Gasteiger partial charge in [0.25, 0.3) is 0 Å². The lowest BCUT2D eigenvalue weighted by Gasteiger charge is -2.07. The molecule has 2 N–H and O–H groups in total. The Hall–Kier alpha value is -3.87. The number of benzene rings is 1. The van der Waals surface area contributed by atoms with E-state index < -0.39 is 5.97 Å². The fraction of sp³-hybridized carbons (Fsp3) is 0.0500. The first-order valence-electron chi connectivity index (χ1n) is 8.29. The first-order chi connectivity index (χ1) is 13.2. The predicted molar refractivity (Wildman–Crippen MR) is 101 cm³/mol. The van der Waals surface area contributed by atoms with E-state index in [0.29, 0.717) is 23.9 Å². The summed E-state index contributed by atoms with van der Waals surface area (Å²) >= 11 is 0. The molecule has 0 unspecified atom stereocenters. The van der Waals surface area contributed by atoms with Crippen LogP contribution in [-0.4, -0.2) is 31.0 Å². The molecule has 0 aliphatic carbocycles. The fourth-order valence-electron chi connectivity index (χ4n) is 2.68. The number of para-hydroxylation sites is 1. The zero-order valence-corrected chi connectivity index (χ0v) is 14.2. The van der Waals surface area contributed by atoms with Crippen molar-refractivity contribution in [1.29, 1.82) is 0 Å². The van der Waals surface area contributed by atoms with Crippen LogP contribution < -0.4 is 5.32 Å². The zero-order chi connectivity index (χ0) is 18.6. The van der Waals surface area contributed by atoms with E-state index in [-0.39, 0.29) is 5.56 Å². The molecule has 1 aromatic carbocycles. The molecule has 0 aliphatic rings. The summed E-state index contributed by atoms with van der Waals surface area (Å²) in [5, 5.41) is 13.4. The highest BCUT2D eigenvalue weighted by Crippen LogP contribution is 2.17. The molecule has 0 radical (unpaired) electrons. The van der Waals surface area contributed by atoms with Crippen LogP contribution in [-0.2, 0) is 6.54 Å². The Morgan fingerprint density at radius 1 is 0.963 bits per heavy atom. The largest absolute Gasteiger partial charge is 0.478 e. The molecule has 0 saturated carbocycles. The Kier molecular flexibility index (Phi) is 4.40. The Balaban J connectivity index is 1.54. The summed E-state index contributed by atoms with van der Waals surface area (Å²) in [6, 6.07) is 14.6. The van der Waals surface area contributed by atoms with Crippen LogP contribution in [0.4, 0.5) is 5.95 Å². The van der Waals surface area contributed by atoms with Gasteiger partial charge in [0, 0.05) is 30.5 Å². The second-order valence-corrected chi connectivity index (χ2v) is 5.89. The molecule has 0 saturated heterocycles. The number of nitrogens with zero attached hydrogens (tertiary/aromatic N) is 4. The van der Waals surface area contributed by atoms with Gasteiger partial charge in [0.2, 0.25) is 5.95 Å². The standard InChI is InChI=1S/C20H15N5O2/c26-19(27)15-5-7-21-18(10-15)17-6-8-22-20(25-17)24-12-13-9-14-3-1-2-4-16(14)23-11-13/h1-11H,12H2,(H,26,27)(H,22,24,25). The predicted octanol–water partition coefficient (Wildman–Crippen LogP) is 3.40. The lowest BCUT2D eigenvalue weighted by molar-refractivity contribution is 0.0697. The van der Waals surface area contributed by atoms with E-state index in [0.717, 1.165) is 16.5 Å². The maximum Gasteiger partial charge on any atom is 0.335 e. The van der Waals surface area contributed by atoms with Crippen molar-refractivity contribution in [3.63, 3.8) is 0 Å². The van der Waals surface area contributed by atoms with Crippen molar-refractivity contribution in [3.8, 4) is 11.4 Å². The molecule has 0 fully saturated rings. The van der Waals surface area contributed by atoms with E-state index in [1.54, 1.807) is 12.3 Å². The van der Waals surface area contributed by atoms with Crippen LogP contribution in [0.25, 0.3) is 22.3 Å². The number of rotatable bonds is 5. The topological polar surface area (TPSA) is 101 Å². The Morgan fingerprint density at radius 3 is 2.70 bits per heavy atom. The lowest BCUT2D eigenvalue weighted by atomic mass is 10.1. The maximum atomic E-state index is 11.1. The van der Waals surface area contributed by atoms with Crippen LogP contribution in [0.15, 0.2) is 67.1 Å². The zero-order valence-electron chi connectivity index (χ0n) is 14.2. The van der Waals surface area contributed by atoms with Crippen LogP contribution in [0.2, 0.25) is 0 Å². The first kappa shape index (κ1) is 16.6. The van der Waals surface area contributed by atoms with Crippen LogP contribution in [0.3, 0.4) is 0 Å². The van der Waals surface area contributed by atoms with Gasteiger partial charge in [-0.15, -0.1) is 0 Å². The van der Waals surface area contributed by atoms with Gasteiger partial charge in [-0.05, 0) is 35.9 Å². The molecule has 0 bridgehead atoms. The quantitative estimate of drug-likeness (QED) is 0.564. The Labute approximate surface area is 154 Å². The number of carboxylic acid groups (broad SMARTS) is 1. The van der Waals surface area contributed by atoms with Gasteiger partial charge in [-0.1, -0.05) is 18.2 Å². The molecule has 4 aromatic rings. The number of nitrogens with one attached hydrogen (secondary N) is 1. The first-order valence-corrected chi connectivity index (χ1v) is 8.29. The van der Waals surface area contributed by atoms with E-state index in [9.17, 15) is 4.79 Å². The third kappa shape index (κ3) is 3.72. The van der Waals surface area contributed by atoms with Gasteiger partial charge in [-0.2, -0.15) is 0 Å². The normalized spacial score (nSPS) is 10.7. The van der Waals surface area contributed by atoms with Crippen molar-refractivity contribution >= 4 is 22.8 Å². The second-order valence-electron chi connectivity index (χ2n) is 5.89. The number of pyridine rings is 2. The van der Waals surface area contributed by atoms with Crippen LogP contribution in [0, 0.1) is 0 Å². The van der Waals surface area contributed by atoms with Crippen molar-refractivity contribution in [2.45, 2.75) is 6.54 Å². The average Bonchev–Trinajstić information content (AvgIpc) is 2.72. The summed E-state index contributed by atoms with van der Waals surface area (Å²) in [6.45, 7) is 0.518. The van der Waals surface area contributed by atoms with E-state index in [1.165, 1.54) is 18.3 Å². The highest BCUT2D eigenvalue weighted by atomic mass is 16.4.